The molecule has 3 atom stereocenters. The molecule has 1 spiro atoms. The fraction of sp³-hybridized carbons (Fsp3) is 0.364. The summed E-state index contributed by atoms with van der Waals surface area (Å²) in [4.78, 5) is 26.4. The standard InChI is InChI=1S/C22H24FN3O3/c1-12(2)19-11-17(20(27)24-14-5-7-15(29-3)8-6-14)22(26-19)16-10-13(23)4-9-18(16)25-21(22)28/h4-10,12,17,19,26H,11H2,1-3H3,(H,24,27)(H,25,28)/p+1/t17-,19-,22+/m1/s1. The molecule has 1 saturated heterocycles. The van der Waals surface area contributed by atoms with Crippen molar-refractivity contribution in [2.24, 2.45) is 11.8 Å². The van der Waals surface area contributed by atoms with Crippen LogP contribution < -0.4 is 20.7 Å². The molecule has 6 nitrogen and oxygen atoms in total. The number of hydrogen-bond acceptors (Lipinski definition) is 3. The molecule has 1 fully saturated rings. The van der Waals surface area contributed by atoms with Gasteiger partial charge in [0.2, 0.25) is 11.4 Å². The Morgan fingerprint density at radius 3 is 2.66 bits per heavy atom. The first-order valence-corrected chi connectivity index (χ1v) is 9.77. The number of carbonyl (C=O) groups is 2. The van der Waals surface area contributed by atoms with E-state index in [2.05, 4.69) is 24.5 Å². The number of nitrogens with one attached hydrogen (secondary N) is 2. The number of hydrogen-bond donors (Lipinski definition) is 3. The molecular formula is C22H25FN3O3+. The Hall–Kier alpha value is -2.93. The van der Waals surface area contributed by atoms with Crippen molar-refractivity contribution in [3.63, 3.8) is 0 Å². The number of methoxy groups -OCH3 is 1. The molecule has 2 amide bonds. The van der Waals surface area contributed by atoms with Crippen molar-refractivity contribution in [3.05, 3.63) is 53.8 Å². The Labute approximate surface area is 168 Å². The molecule has 0 radical (unpaired) electrons. The average molecular weight is 398 g/mol. The van der Waals surface area contributed by atoms with Gasteiger partial charge in [-0.1, -0.05) is 13.8 Å². The van der Waals surface area contributed by atoms with E-state index in [4.69, 9.17) is 4.74 Å². The molecule has 0 aliphatic carbocycles. The summed E-state index contributed by atoms with van der Waals surface area (Å²) >= 11 is 0. The number of carbonyl (C=O) groups excluding carboxylic acids is 2. The molecule has 7 heteroatoms. The summed E-state index contributed by atoms with van der Waals surface area (Å²) in [6.07, 6.45) is 0.531. The van der Waals surface area contributed by atoms with E-state index in [1.165, 1.54) is 12.1 Å². The number of benzene rings is 2. The smallest absolute Gasteiger partial charge is 0.291 e. The maximum Gasteiger partial charge on any atom is 0.291 e. The van der Waals surface area contributed by atoms with E-state index in [9.17, 15) is 14.0 Å². The van der Waals surface area contributed by atoms with Gasteiger partial charge >= 0.3 is 0 Å². The molecule has 2 aliphatic rings. The second-order valence-electron chi connectivity index (χ2n) is 8.09. The zero-order chi connectivity index (χ0) is 20.8. The van der Waals surface area contributed by atoms with Gasteiger partial charge in [0.15, 0.2) is 0 Å². The van der Waals surface area contributed by atoms with Gasteiger partial charge in [-0.25, -0.2) is 4.39 Å². The van der Waals surface area contributed by atoms with Crippen LogP contribution in [0.3, 0.4) is 0 Å². The first-order valence-electron chi connectivity index (χ1n) is 9.77. The molecule has 0 unspecified atom stereocenters. The molecule has 152 valence electrons. The SMILES string of the molecule is COc1ccc(NC(=O)[C@H]2C[C@H](C(C)C)[NH2+][C@]23C(=O)Nc2ccc(F)cc23)cc1. The van der Waals surface area contributed by atoms with Gasteiger partial charge in [-0.3, -0.25) is 9.59 Å². The van der Waals surface area contributed by atoms with Crippen molar-refractivity contribution in [2.45, 2.75) is 31.8 Å². The fourth-order valence-electron chi connectivity index (χ4n) is 4.49. The third-order valence-corrected chi connectivity index (χ3v) is 6.12. The normalized spacial score (nSPS) is 25.2. The minimum Gasteiger partial charge on any atom is -0.497 e. The van der Waals surface area contributed by atoms with Gasteiger partial charge in [-0.2, -0.15) is 0 Å². The maximum absolute atomic E-state index is 14.1. The summed E-state index contributed by atoms with van der Waals surface area (Å²) in [5.41, 5.74) is 0.569. The number of ether oxygens (including phenoxy) is 1. The van der Waals surface area contributed by atoms with Crippen molar-refractivity contribution in [3.8, 4) is 5.75 Å². The topological polar surface area (TPSA) is 84.0 Å². The number of quaternary nitrogens is 1. The van der Waals surface area contributed by atoms with E-state index in [0.717, 1.165) is 0 Å². The molecular weight excluding hydrogens is 373 g/mol. The molecule has 2 aliphatic heterocycles. The number of amides is 2. The van der Waals surface area contributed by atoms with Crippen LogP contribution in [0.5, 0.6) is 5.75 Å². The van der Waals surface area contributed by atoms with Crippen LogP contribution in [0, 0.1) is 17.7 Å². The van der Waals surface area contributed by atoms with Gasteiger partial charge < -0.3 is 20.7 Å². The second kappa shape index (κ2) is 7.15. The first kappa shape index (κ1) is 19.4. The van der Waals surface area contributed by atoms with Crippen LogP contribution in [-0.4, -0.2) is 25.0 Å². The molecule has 2 heterocycles. The Balaban J connectivity index is 1.71. The van der Waals surface area contributed by atoms with Crippen LogP contribution in [0.4, 0.5) is 15.8 Å². The lowest BCUT2D eigenvalue weighted by Crippen LogP contribution is -2.99. The Kier molecular flexibility index (Phi) is 4.78. The van der Waals surface area contributed by atoms with Crippen LogP contribution in [0.2, 0.25) is 0 Å². The van der Waals surface area contributed by atoms with Crippen molar-refractivity contribution in [1.82, 2.24) is 0 Å². The quantitative estimate of drug-likeness (QED) is 0.739. The predicted octanol–water partition coefficient (Wildman–Crippen LogP) is 2.23. The van der Waals surface area contributed by atoms with Crippen LogP contribution in [0.15, 0.2) is 42.5 Å². The van der Waals surface area contributed by atoms with Gasteiger partial charge in [0.1, 0.15) is 17.5 Å². The van der Waals surface area contributed by atoms with Crippen LogP contribution >= 0.6 is 0 Å². The molecule has 4 N–H and O–H groups in total. The molecule has 29 heavy (non-hydrogen) atoms. The van der Waals surface area contributed by atoms with Gasteiger partial charge in [-0.05, 0) is 42.5 Å². The summed E-state index contributed by atoms with van der Waals surface area (Å²) in [6.45, 7) is 4.13. The van der Waals surface area contributed by atoms with Crippen molar-refractivity contribution in [1.29, 1.82) is 0 Å². The summed E-state index contributed by atoms with van der Waals surface area (Å²) in [5.74, 6) is -0.613. The Morgan fingerprint density at radius 2 is 2.00 bits per heavy atom. The average Bonchev–Trinajstić information content (AvgIpc) is 3.23. The molecule has 0 aromatic heterocycles. The van der Waals surface area contributed by atoms with Gasteiger partial charge in [-0.15, -0.1) is 0 Å². The lowest BCUT2D eigenvalue weighted by molar-refractivity contribution is -0.736. The predicted molar refractivity (Wildman–Crippen MR) is 107 cm³/mol. The minimum absolute atomic E-state index is 0.0709. The van der Waals surface area contributed by atoms with Crippen molar-refractivity contribution < 1.29 is 24.0 Å². The lowest BCUT2D eigenvalue weighted by atomic mass is 9.79. The highest BCUT2D eigenvalue weighted by Gasteiger charge is 2.64. The lowest BCUT2D eigenvalue weighted by Gasteiger charge is -2.26. The van der Waals surface area contributed by atoms with Crippen molar-refractivity contribution >= 4 is 23.2 Å². The van der Waals surface area contributed by atoms with E-state index in [1.807, 2.05) is 5.32 Å². The summed E-state index contributed by atoms with van der Waals surface area (Å²) in [7, 11) is 1.58. The first-order chi connectivity index (χ1) is 13.8. The monoisotopic (exact) mass is 398 g/mol. The van der Waals surface area contributed by atoms with Crippen LogP contribution in [0.1, 0.15) is 25.8 Å². The van der Waals surface area contributed by atoms with Crippen molar-refractivity contribution in [2.75, 3.05) is 17.7 Å². The maximum atomic E-state index is 14.1. The van der Waals surface area contributed by atoms with Gasteiger partial charge in [0, 0.05) is 23.6 Å². The van der Waals surface area contributed by atoms with Crippen LogP contribution in [0.25, 0.3) is 0 Å². The van der Waals surface area contributed by atoms with E-state index in [-0.39, 0.29) is 23.8 Å². The molecule has 0 saturated carbocycles. The van der Waals surface area contributed by atoms with Gasteiger partial charge in [0.05, 0.1) is 18.8 Å². The number of halogens is 1. The highest BCUT2D eigenvalue weighted by Crippen LogP contribution is 2.44. The molecule has 2 aromatic carbocycles. The van der Waals surface area contributed by atoms with Crippen LogP contribution in [-0.2, 0) is 15.1 Å². The second-order valence-corrected chi connectivity index (χ2v) is 8.09. The highest BCUT2D eigenvalue weighted by molar-refractivity contribution is 6.09. The summed E-state index contributed by atoms with van der Waals surface area (Å²) < 4.78 is 19.2. The molecule has 2 aromatic rings. The number of nitrogens with two attached hydrogens (primary N) is 1. The van der Waals surface area contributed by atoms with E-state index >= 15 is 0 Å². The summed E-state index contributed by atoms with van der Waals surface area (Å²) in [5, 5.41) is 7.73. The Morgan fingerprint density at radius 1 is 1.28 bits per heavy atom. The number of fused-ring (bicyclic) bond motifs is 2. The highest BCUT2D eigenvalue weighted by atomic mass is 19.1. The number of rotatable bonds is 4. The zero-order valence-corrected chi connectivity index (χ0v) is 16.7. The third-order valence-electron chi connectivity index (χ3n) is 6.12. The largest absolute Gasteiger partial charge is 0.497 e. The molecule has 0 bridgehead atoms. The van der Waals surface area contributed by atoms with Gasteiger partial charge in [0.25, 0.3) is 5.91 Å². The fourth-order valence-corrected chi connectivity index (χ4v) is 4.49. The van der Waals surface area contributed by atoms with E-state index in [0.29, 0.717) is 29.1 Å². The summed E-state index contributed by atoms with van der Waals surface area (Å²) in [6, 6.07) is 11.4. The Bertz CT molecular complexity index is 960. The minimum atomic E-state index is -1.16. The number of anilines is 2. The van der Waals surface area contributed by atoms with E-state index < -0.39 is 17.3 Å². The third kappa shape index (κ3) is 3.15. The van der Waals surface area contributed by atoms with E-state index in [1.54, 1.807) is 37.4 Å². The molecule has 4 rings (SSSR count). The zero-order valence-electron chi connectivity index (χ0n) is 16.7.